The standard InChI is InChI=1S/C3H5Cl4NP/c1-2-9(4,5,6,7)3-8/h2H2,1H3/q-1. The van der Waals surface area contributed by atoms with Crippen LogP contribution in [-0.4, -0.2) is 6.16 Å². The van der Waals surface area contributed by atoms with Gasteiger partial charge in [0.1, 0.15) is 0 Å². The molecule has 9 heavy (non-hydrogen) atoms. The predicted molar refractivity (Wildman–Crippen MR) is 46.5 cm³/mol. The van der Waals surface area contributed by atoms with Crippen LogP contribution in [0.3, 0.4) is 0 Å². The van der Waals surface area contributed by atoms with E-state index in [0.717, 1.165) is 0 Å². The molecule has 0 rings (SSSR count). The van der Waals surface area contributed by atoms with Gasteiger partial charge in [-0.2, -0.15) is 0 Å². The maximum absolute atomic E-state index is 8.40. The Bertz CT molecular complexity index is 171. The van der Waals surface area contributed by atoms with Gasteiger partial charge in [0.2, 0.25) is 0 Å². The van der Waals surface area contributed by atoms with Crippen molar-refractivity contribution in [2.75, 3.05) is 6.16 Å². The molecule has 0 aromatic rings. The fourth-order valence-corrected chi connectivity index (χ4v) is 0.212. The molecule has 0 aliphatic rings. The van der Waals surface area contributed by atoms with Crippen LogP contribution in [0.5, 0.6) is 0 Å². The van der Waals surface area contributed by atoms with E-state index in [9.17, 15) is 0 Å². The first-order valence-electron chi connectivity index (χ1n) is 2.15. The summed E-state index contributed by atoms with van der Waals surface area (Å²) in [5, 5.41) is 8.40. The molecule has 0 fully saturated rings. The van der Waals surface area contributed by atoms with Gasteiger partial charge in [0.25, 0.3) is 0 Å². The van der Waals surface area contributed by atoms with E-state index in [-0.39, 0.29) is 6.16 Å². The van der Waals surface area contributed by atoms with Crippen molar-refractivity contribution in [3.63, 3.8) is 0 Å². The van der Waals surface area contributed by atoms with Crippen LogP contribution in [0.1, 0.15) is 6.92 Å². The van der Waals surface area contributed by atoms with Crippen LogP contribution in [0, 0.1) is 11.1 Å². The Hall–Kier alpha value is 1.08. The maximum atomic E-state index is 8.40. The Labute approximate surface area is 72.5 Å². The minimum absolute atomic E-state index is 0.0629. The van der Waals surface area contributed by atoms with Crippen LogP contribution < -0.4 is 0 Å². The fourth-order valence-electron chi connectivity index (χ4n) is 0.0707. The van der Waals surface area contributed by atoms with E-state index in [2.05, 4.69) is 0 Å². The third-order valence-corrected chi connectivity index (χ3v) is 6.35. The van der Waals surface area contributed by atoms with Crippen LogP contribution in [0.25, 0.3) is 0 Å². The third kappa shape index (κ3) is 3.71. The molecule has 0 unspecified atom stereocenters. The zero-order valence-corrected chi connectivity index (χ0v) is 8.53. The molecular weight excluding hydrogens is 223 g/mol. The van der Waals surface area contributed by atoms with E-state index in [1.165, 1.54) is 0 Å². The Balaban J connectivity index is 4.95. The van der Waals surface area contributed by atoms with Crippen molar-refractivity contribution in [3.8, 4) is 5.81 Å². The molecule has 0 bridgehead atoms. The first-order chi connectivity index (χ1) is 3.62. The molecule has 0 saturated carbocycles. The fraction of sp³-hybridized carbons (Fsp3) is 0.667. The number of nitrogens with zero attached hydrogens (tertiary/aromatic N) is 1. The van der Waals surface area contributed by atoms with Gasteiger partial charge in [0.05, 0.1) is 0 Å². The van der Waals surface area contributed by atoms with Crippen molar-refractivity contribution in [2.45, 2.75) is 6.92 Å². The van der Waals surface area contributed by atoms with Gasteiger partial charge in [-0.25, -0.2) is 0 Å². The quantitative estimate of drug-likeness (QED) is 0.617. The van der Waals surface area contributed by atoms with E-state index < -0.39 is 3.36 Å². The summed E-state index contributed by atoms with van der Waals surface area (Å²) in [6.45, 7) is 1.57. The van der Waals surface area contributed by atoms with Gasteiger partial charge >= 0.3 is 72.5 Å². The topological polar surface area (TPSA) is 23.8 Å². The molecule has 0 spiro atoms. The van der Waals surface area contributed by atoms with Gasteiger partial charge in [0, 0.05) is 0 Å². The predicted octanol–water partition coefficient (Wildman–Crippen LogP) is 4.19. The number of hydrogen-bond donors (Lipinski definition) is 0. The molecule has 0 saturated heterocycles. The van der Waals surface area contributed by atoms with Crippen LogP contribution in [0.2, 0.25) is 0 Å². The molecule has 0 aromatic heterocycles. The van der Waals surface area contributed by atoms with Gasteiger partial charge in [0.15, 0.2) is 0 Å². The molecule has 0 aliphatic carbocycles. The first-order valence-corrected chi connectivity index (χ1v) is 8.64. The Kier molecular flexibility index (Phi) is 2.03. The second-order valence-corrected chi connectivity index (χ2v) is 19.4. The van der Waals surface area contributed by atoms with Crippen molar-refractivity contribution in [2.24, 2.45) is 0 Å². The van der Waals surface area contributed by atoms with E-state index in [1.807, 2.05) is 0 Å². The second kappa shape index (κ2) is 1.81. The normalized spacial score (nSPS) is 19.6. The van der Waals surface area contributed by atoms with E-state index >= 15 is 0 Å². The summed E-state index contributed by atoms with van der Waals surface area (Å²) in [7, 11) is 0. The minimum atomic E-state index is -4.54. The zero-order valence-electron chi connectivity index (χ0n) is 4.61. The average Bonchev–Trinajstić information content (AvgIpc) is 1.67. The first kappa shape index (κ1) is 10.1. The third-order valence-electron chi connectivity index (χ3n) is 0.858. The summed E-state index contributed by atoms with van der Waals surface area (Å²) in [5.74, 6) is 1.54. The summed E-state index contributed by atoms with van der Waals surface area (Å²) >= 11 is 22.0. The van der Waals surface area contributed by atoms with Gasteiger partial charge < -0.3 is 0 Å². The van der Waals surface area contributed by atoms with Crippen molar-refractivity contribution in [1.29, 1.82) is 5.26 Å². The molecule has 1 nitrogen and oxygen atoms in total. The van der Waals surface area contributed by atoms with Gasteiger partial charge in [-0.1, -0.05) is 0 Å². The Morgan fingerprint density at radius 2 is 1.67 bits per heavy atom. The van der Waals surface area contributed by atoms with Gasteiger partial charge in [-0.15, -0.1) is 0 Å². The van der Waals surface area contributed by atoms with Gasteiger partial charge in [-0.3, -0.25) is 0 Å². The Morgan fingerprint density at radius 3 is 1.67 bits per heavy atom. The van der Waals surface area contributed by atoms with Gasteiger partial charge in [-0.05, 0) is 0 Å². The van der Waals surface area contributed by atoms with E-state index in [4.69, 9.17) is 50.2 Å². The van der Waals surface area contributed by atoms with Crippen LogP contribution >= 0.6 is 48.3 Å². The van der Waals surface area contributed by atoms with Crippen LogP contribution in [0.15, 0.2) is 0 Å². The summed E-state index contributed by atoms with van der Waals surface area (Å²) in [5.41, 5.74) is 0. The molecule has 0 atom stereocenters. The van der Waals surface area contributed by atoms with E-state index in [0.29, 0.717) is 0 Å². The Morgan fingerprint density at radius 1 is 1.33 bits per heavy atom. The number of halogens is 4. The molecule has 0 heterocycles. The zero-order chi connectivity index (χ0) is 7.82. The summed E-state index contributed by atoms with van der Waals surface area (Å²) in [6.07, 6.45) is 0.0629. The molecule has 0 aliphatic heterocycles. The van der Waals surface area contributed by atoms with Crippen molar-refractivity contribution in [3.05, 3.63) is 0 Å². The molecule has 0 N–H and O–H groups in total. The molecule has 6 heteroatoms. The van der Waals surface area contributed by atoms with E-state index in [1.54, 1.807) is 12.7 Å². The molecule has 56 valence electrons. The summed E-state index contributed by atoms with van der Waals surface area (Å²) < 4.78 is -4.54. The monoisotopic (exact) mass is 226 g/mol. The average molecular weight is 228 g/mol. The number of nitriles is 1. The van der Waals surface area contributed by atoms with Crippen LogP contribution in [-0.2, 0) is 0 Å². The molecule has 0 amide bonds. The summed E-state index contributed by atoms with van der Waals surface area (Å²) in [6, 6.07) is 0. The SMILES string of the molecule is CC[P-](Cl)(Cl)(Cl)(Cl)C#N. The number of hydrogen-bond acceptors (Lipinski definition) is 1. The molecular formula is C3H5Cl4NP-. The summed E-state index contributed by atoms with van der Waals surface area (Å²) in [4.78, 5) is 0. The van der Waals surface area contributed by atoms with Crippen LogP contribution in [0.4, 0.5) is 0 Å². The number of rotatable bonds is 1. The molecule has 0 aromatic carbocycles. The molecule has 0 radical (unpaired) electrons. The van der Waals surface area contributed by atoms with Crippen molar-refractivity contribution < 1.29 is 0 Å². The van der Waals surface area contributed by atoms with Crippen molar-refractivity contribution in [1.82, 2.24) is 0 Å². The second-order valence-electron chi connectivity index (χ2n) is 1.77. The van der Waals surface area contributed by atoms with Crippen molar-refractivity contribution >= 4 is 48.3 Å².